The van der Waals surface area contributed by atoms with E-state index in [4.69, 9.17) is 16.3 Å². The summed E-state index contributed by atoms with van der Waals surface area (Å²) in [6, 6.07) is 6.75. The lowest BCUT2D eigenvalue weighted by molar-refractivity contribution is 0.180. The van der Waals surface area contributed by atoms with Gasteiger partial charge in [0.25, 0.3) is 0 Å². The molecule has 1 heterocycles. The molecule has 20 heavy (non-hydrogen) atoms. The number of nitrogens with one attached hydrogen (secondary N) is 1. The number of aryl methyl sites for hydroxylation is 1. The van der Waals surface area contributed by atoms with Crippen LogP contribution in [0.4, 0.5) is 0 Å². The van der Waals surface area contributed by atoms with E-state index >= 15 is 0 Å². The van der Waals surface area contributed by atoms with E-state index in [2.05, 4.69) is 4.72 Å². The van der Waals surface area contributed by atoms with Crippen molar-refractivity contribution in [1.82, 2.24) is 4.72 Å². The highest BCUT2D eigenvalue weighted by Gasteiger charge is 2.26. The van der Waals surface area contributed by atoms with E-state index < -0.39 is 10.0 Å². The van der Waals surface area contributed by atoms with Gasteiger partial charge in [-0.2, -0.15) is 0 Å². The van der Waals surface area contributed by atoms with Gasteiger partial charge in [-0.25, -0.2) is 13.1 Å². The van der Waals surface area contributed by atoms with Crippen LogP contribution in [0.3, 0.4) is 0 Å². The second-order valence-electron chi connectivity index (χ2n) is 5.12. The molecule has 1 aliphatic rings. The fourth-order valence-electron chi connectivity index (χ4n) is 2.30. The van der Waals surface area contributed by atoms with Crippen LogP contribution in [0.15, 0.2) is 29.2 Å². The molecule has 1 aromatic rings. The smallest absolute Gasteiger partial charge is 0.240 e. The maximum absolute atomic E-state index is 12.3. The summed E-state index contributed by atoms with van der Waals surface area (Å²) < 4.78 is 32.6. The fraction of sp³-hybridized carbons (Fsp3) is 0.571. The molecule has 0 aromatic heterocycles. The molecular weight excluding hydrogens is 298 g/mol. The van der Waals surface area contributed by atoms with E-state index in [0.717, 1.165) is 18.4 Å². The van der Waals surface area contributed by atoms with E-state index in [1.54, 1.807) is 24.3 Å². The highest BCUT2D eigenvalue weighted by Crippen LogP contribution is 2.19. The van der Waals surface area contributed by atoms with E-state index in [9.17, 15) is 8.42 Å². The fourth-order valence-corrected chi connectivity index (χ4v) is 3.83. The molecule has 1 fully saturated rings. The number of rotatable bonds is 6. The van der Waals surface area contributed by atoms with Gasteiger partial charge < -0.3 is 4.74 Å². The van der Waals surface area contributed by atoms with Crippen LogP contribution in [0.5, 0.6) is 0 Å². The number of hydrogen-bond donors (Lipinski definition) is 1. The van der Waals surface area contributed by atoms with E-state index in [-0.39, 0.29) is 12.0 Å². The zero-order valence-corrected chi connectivity index (χ0v) is 13.1. The molecule has 2 unspecified atom stereocenters. The van der Waals surface area contributed by atoms with Crippen LogP contribution in [-0.4, -0.2) is 33.6 Å². The van der Waals surface area contributed by atoms with Crippen LogP contribution >= 0.6 is 11.6 Å². The van der Waals surface area contributed by atoms with Gasteiger partial charge >= 0.3 is 0 Å². The van der Waals surface area contributed by atoms with Crippen LogP contribution < -0.4 is 4.72 Å². The zero-order valence-electron chi connectivity index (χ0n) is 11.5. The first kappa shape index (κ1) is 15.8. The quantitative estimate of drug-likeness (QED) is 0.818. The topological polar surface area (TPSA) is 55.4 Å². The summed E-state index contributed by atoms with van der Waals surface area (Å²) >= 11 is 5.66. The highest BCUT2D eigenvalue weighted by molar-refractivity contribution is 7.89. The normalized spacial score (nSPS) is 21.0. The maximum Gasteiger partial charge on any atom is 0.240 e. The Bertz CT molecular complexity index is 524. The van der Waals surface area contributed by atoms with Gasteiger partial charge in [0.05, 0.1) is 11.5 Å². The molecule has 1 N–H and O–H groups in total. The number of alkyl halides is 1. The molecule has 1 aromatic carbocycles. The van der Waals surface area contributed by atoms with Crippen molar-refractivity contribution in [1.29, 1.82) is 0 Å². The first-order valence-electron chi connectivity index (χ1n) is 6.78. The van der Waals surface area contributed by atoms with Crippen LogP contribution in [0.25, 0.3) is 0 Å². The SMILES string of the molecule is CC(NS(=O)(=O)c1ccc(CCCl)cc1)C1CCOC1. The Labute approximate surface area is 125 Å². The second-order valence-corrected chi connectivity index (χ2v) is 7.21. The van der Waals surface area contributed by atoms with Crippen LogP contribution in [0.1, 0.15) is 18.9 Å². The average molecular weight is 318 g/mol. The van der Waals surface area contributed by atoms with Crippen molar-refractivity contribution in [3.8, 4) is 0 Å². The Morgan fingerprint density at radius 3 is 2.65 bits per heavy atom. The molecule has 0 aliphatic carbocycles. The third kappa shape index (κ3) is 3.95. The summed E-state index contributed by atoms with van der Waals surface area (Å²) in [6.07, 6.45) is 1.64. The minimum absolute atomic E-state index is 0.120. The Hall–Kier alpha value is -0.620. The molecule has 0 radical (unpaired) electrons. The minimum Gasteiger partial charge on any atom is -0.381 e. The number of sulfonamides is 1. The largest absolute Gasteiger partial charge is 0.381 e. The molecule has 6 heteroatoms. The molecule has 2 rings (SSSR count). The van der Waals surface area contributed by atoms with Gasteiger partial charge in [0.1, 0.15) is 0 Å². The molecule has 0 saturated carbocycles. The van der Waals surface area contributed by atoms with Crippen LogP contribution in [-0.2, 0) is 21.2 Å². The Balaban J connectivity index is 2.05. The molecule has 0 amide bonds. The predicted molar refractivity (Wildman–Crippen MR) is 79.6 cm³/mol. The first-order valence-corrected chi connectivity index (χ1v) is 8.79. The summed E-state index contributed by atoms with van der Waals surface area (Å²) in [6.45, 7) is 3.22. The number of ether oxygens (including phenoxy) is 1. The second kappa shape index (κ2) is 6.89. The van der Waals surface area contributed by atoms with Crippen molar-refractivity contribution in [3.05, 3.63) is 29.8 Å². The highest BCUT2D eigenvalue weighted by atomic mass is 35.5. The monoisotopic (exact) mass is 317 g/mol. The summed E-state index contributed by atoms with van der Waals surface area (Å²) in [5.74, 6) is 0.781. The third-order valence-corrected chi connectivity index (χ3v) is 5.39. The lowest BCUT2D eigenvalue weighted by Gasteiger charge is -2.19. The average Bonchev–Trinajstić information content (AvgIpc) is 2.93. The van der Waals surface area contributed by atoms with Crippen LogP contribution in [0, 0.1) is 5.92 Å². The maximum atomic E-state index is 12.3. The van der Waals surface area contributed by atoms with E-state index in [1.807, 2.05) is 6.92 Å². The summed E-state index contributed by atoms with van der Waals surface area (Å²) in [5, 5.41) is 0. The summed E-state index contributed by atoms with van der Waals surface area (Å²) in [7, 11) is -3.47. The Morgan fingerprint density at radius 1 is 1.40 bits per heavy atom. The molecule has 0 bridgehead atoms. The lowest BCUT2D eigenvalue weighted by Crippen LogP contribution is -2.38. The molecule has 0 spiro atoms. The van der Waals surface area contributed by atoms with Gasteiger partial charge in [-0.3, -0.25) is 0 Å². The van der Waals surface area contributed by atoms with Gasteiger partial charge in [-0.1, -0.05) is 12.1 Å². The molecule has 1 saturated heterocycles. The van der Waals surface area contributed by atoms with E-state index in [0.29, 0.717) is 24.0 Å². The minimum atomic E-state index is -3.47. The third-order valence-electron chi connectivity index (χ3n) is 3.63. The van der Waals surface area contributed by atoms with Crippen molar-refractivity contribution in [2.24, 2.45) is 5.92 Å². The zero-order chi connectivity index (χ0) is 14.6. The first-order chi connectivity index (χ1) is 9.53. The van der Waals surface area contributed by atoms with Gasteiger partial charge in [-0.15, -0.1) is 11.6 Å². The summed E-state index contributed by atoms with van der Waals surface area (Å²) in [5.41, 5.74) is 1.04. The molecule has 4 nitrogen and oxygen atoms in total. The Morgan fingerprint density at radius 2 is 2.10 bits per heavy atom. The van der Waals surface area contributed by atoms with Gasteiger partial charge in [0, 0.05) is 24.4 Å². The van der Waals surface area contributed by atoms with Crippen molar-refractivity contribution in [2.75, 3.05) is 19.1 Å². The number of halogens is 1. The van der Waals surface area contributed by atoms with Crippen molar-refractivity contribution in [3.63, 3.8) is 0 Å². The van der Waals surface area contributed by atoms with Gasteiger partial charge in [0.15, 0.2) is 0 Å². The Kier molecular flexibility index (Phi) is 5.43. The molecule has 112 valence electrons. The summed E-state index contributed by atoms with van der Waals surface area (Å²) in [4.78, 5) is 0.293. The van der Waals surface area contributed by atoms with E-state index in [1.165, 1.54) is 0 Å². The van der Waals surface area contributed by atoms with Crippen molar-refractivity contribution < 1.29 is 13.2 Å². The van der Waals surface area contributed by atoms with Crippen LogP contribution in [0.2, 0.25) is 0 Å². The van der Waals surface area contributed by atoms with Crippen molar-refractivity contribution >= 4 is 21.6 Å². The van der Waals surface area contributed by atoms with Crippen molar-refractivity contribution in [2.45, 2.75) is 30.7 Å². The standard InChI is InChI=1S/C14H20ClNO3S/c1-11(13-7-9-19-10-13)16-20(17,18)14-4-2-12(3-5-14)6-8-15/h2-5,11,13,16H,6-10H2,1H3. The number of hydrogen-bond acceptors (Lipinski definition) is 3. The van der Waals surface area contributed by atoms with Gasteiger partial charge in [0.2, 0.25) is 10.0 Å². The van der Waals surface area contributed by atoms with Gasteiger partial charge in [-0.05, 0) is 37.5 Å². The predicted octanol–water partition coefficient (Wildman–Crippen LogP) is 2.17. The molecule has 2 atom stereocenters. The number of benzene rings is 1. The molecule has 1 aliphatic heterocycles. The lowest BCUT2D eigenvalue weighted by atomic mass is 10.0. The molecular formula is C14H20ClNO3S.